The molecule has 2 fully saturated rings. The van der Waals surface area contributed by atoms with Crippen LogP contribution in [0.2, 0.25) is 0 Å². The molecule has 2 saturated heterocycles. The van der Waals surface area contributed by atoms with Crippen molar-refractivity contribution in [1.82, 2.24) is 19.7 Å². The lowest BCUT2D eigenvalue weighted by molar-refractivity contribution is -0.117. The van der Waals surface area contributed by atoms with E-state index in [2.05, 4.69) is 25.3 Å². The first-order chi connectivity index (χ1) is 12.6. The van der Waals surface area contributed by atoms with E-state index in [9.17, 15) is 4.79 Å². The third kappa shape index (κ3) is 3.23. The summed E-state index contributed by atoms with van der Waals surface area (Å²) in [6, 6.07) is 3.63. The number of hydrogen-bond acceptors (Lipinski definition) is 6. The molecule has 2 aromatic heterocycles. The molecule has 2 aromatic rings. The number of carbonyl (C=O) groups is 1. The van der Waals surface area contributed by atoms with Crippen molar-refractivity contribution in [3.05, 3.63) is 24.2 Å². The first-order valence-corrected chi connectivity index (χ1v) is 9.27. The fraction of sp³-hybridized carbons (Fsp3) is 0.556. The first-order valence-electron chi connectivity index (χ1n) is 9.27. The van der Waals surface area contributed by atoms with Crippen LogP contribution < -0.4 is 15.1 Å². The van der Waals surface area contributed by atoms with E-state index in [1.54, 1.807) is 15.9 Å². The summed E-state index contributed by atoms with van der Waals surface area (Å²) in [4.78, 5) is 25.6. The van der Waals surface area contributed by atoms with Crippen LogP contribution in [0, 0.1) is 6.92 Å². The second-order valence-corrected chi connectivity index (χ2v) is 7.05. The summed E-state index contributed by atoms with van der Waals surface area (Å²) >= 11 is 0. The highest BCUT2D eigenvalue weighted by atomic mass is 16.2. The molecule has 0 aromatic carbocycles. The second kappa shape index (κ2) is 6.93. The van der Waals surface area contributed by atoms with Crippen LogP contribution in [-0.4, -0.2) is 51.3 Å². The molecule has 2 aliphatic rings. The van der Waals surface area contributed by atoms with Crippen LogP contribution in [0.25, 0.3) is 0 Å². The number of rotatable bonds is 4. The summed E-state index contributed by atoms with van der Waals surface area (Å²) in [6.45, 7) is 4.68. The van der Waals surface area contributed by atoms with E-state index >= 15 is 0 Å². The van der Waals surface area contributed by atoms with Crippen LogP contribution in [0.15, 0.2) is 18.5 Å². The highest BCUT2D eigenvalue weighted by Crippen LogP contribution is 2.25. The molecule has 0 saturated carbocycles. The van der Waals surface area contributed by atoms with Crippen molar-refractivity contribution >= 4 is 23.4 Å². The van der Waals surface area contributed by atoms with Crippen LogP contribution in [0.4, 0.5) is 17.5 Å². The number of hydrogen-bond donors (Lipinski definition) is 1. The van der Waals surface area contributed by atoms with E-state index in [-0.39, 0.29) is 11.9 Å². The Morgan fingerprint density at radius 2 is 1.92 bits per heavy atom. The van der Waals surface area contributed by atoms with Crippen molar-refractivity contribution in [3.8, 4) is 0 Å². The van der Waals surface area contributed by atoms with E-state index in [0.717, 1.165) is 36.8 Å². The predicted molar refractivity (Wildman–Crippen MR) is 100 cm³/mol. The Kier molecular flexibility index (Phi) is 4.48. The number of anilines is 3. The number of nitrogens with one attached hydrogen (secondary N) is 1. The molecule has 1 N–H and O–H groups in total. The summed E-state index contributed by atoms with van der Waals surface area (Å²) in [5.74, 6) is 2.55. The van der Waals surface area contributed by atoms with E-state index in [1.165, 1.54) is 19.3 Å². The fourth-order valence-electron chi connectivity index (χ4n) is 3.79. The third-order valence-electron chi connectivity index (χ3n) is 5.11. The minimum absolute atomic E-state index is 0.0612. The minimum atomic E-state index is -0.269. The standard InChI is InChI=1S/C18H25N7O/c1-13-10-17(23(2)22-13)25-9-6-14(18(25)26)21-15-11-16(20-12-19-15)24-7-4-3-5-8-24/h10-12,14H,3-9H2,1-2H3,(H,19,20,21). The molecule has 0 radical (unpaired) electrons. The van der Waals surface area contributed by atoms with Crippen molar-refractivity contribution in [3.63, 3.8) is 0 Å². The Labute approximate surface area is 153 Å². The molecule has 0 spiro atoms. The molecule has 8 heteroatoms. The molecule has 0 aliphatic carbocycles. The average Bonchev–Trinajstić information content (AvgIpc) is 3.17. The van der Waals surface area contributed by atoms with Gasteiger partial charge in [-0.25, -0.2) is 9.97 Å². The zero-order chi connectivity index (χ0) is 18.1. The number of nitrogens with zero attached hydrogens (tertiary/aromatic N) is 6. The van der Waals surface area contributed by atoms with Gasteiger partial charge in [0, 0.05) is 38.8 Å². The normalized spacial score (nSPS) is 20.7. The largest absolute Gasteiger partial charge is 0.358 e. The van der Waals surface area contributed by atoms with Crippen LogP contribution in [-0.2, 0) is 11.8 Å². The van der Waals surface area contributed by atoms with Gasteiger partial charge in [-0.2, -0.15) is 5.10 Å². The predicted octanol–water partition coefficient (Wildman–Crippen LogP) is 1.73. The topological polar surface area (TPSA) is 79.2 Å². The van der Waals surface area contributed by atoms with Gasteiger partial charge in [0.2, 0.25) is 0 Å². The van der Waals surface area contributed by atoms with Gasteiger partial charge in [-0.1, -0.05) is 0 Å². The molecule has 1 atom stereocenters. The summed E-state index contributed by atoms with van der Waals surface area (Å²) < 4.78 is 1.76. The van der Waals surface area contributed by atoms with Crippen molar-refractivity contribution in [2.75, 3.05) is 34.8 Å². The average molecular weight is 355 g/mol. The number of aryl methyl sites for hydroxylation is 2. The van der Waals surface area contributed by atoms with Gasteiger partial charge in [-0.15, -0.1) is 0 Å². The number of aromatic nitrogens is 4. The van der Waals surface area contributed by atoms with Crippen LogP contribution in [0.1, 0.15) is 31.4 Å². The molecule has 4 heterocycles. The zero-order valence-electron chi connectivity index (χ0n) is 15.4. The van der Waals surface area contributed by atoms with Crippen molar-refractivity contribution in [2.24, 2.45) is 7.05 Å². The van der Waals surface area contributed by atoms with Crippen LogP contribution in [0.3, 0.4) is 0 Å². The molecular weight excluding hydrogens is 330 g/mol. The molecule has 2 aliphatic heterocycles. The molecule has 8 nitrogen and oxygen atoms in total. The second-order valence-electron chi connectivity index (χ2n) is 7.05. The van der Waals surface area contributed by atoms with Crippen LogP contribution >= 0.6 is 0 Å². The Hall–Kier alpha value is -2.64. The monoisotopic (exact) mass is 355 g/mol. The lowest BCUT2D eigenvalue weighted by Gasteiger charge is -2.27. The molecule has 1 unspecified atom stereocenters. The highest BCUT2D eigenvalue weighted by molar-refractivity contribution is 6.00. The first kappa shape index (κ1) is 16.8. The molecule has 4 rings (SSSR count). The number of piperidine rings is 1. The van der Waals surface area contributed by atoms with Crippen LogP contribution in [0.5, 0.6) is 0 Å². The Bertz CT molecular complexity index is 797. The molecular formula is C18H25N7O. The molecule has 138 valence electrons. The molecule has 0 bridgehead atoms. The zero-order valence-corrected chi connectivity index (χ0v) is 15.4. The van der Waals surface area contributed by atoms with E-state index in [0.29, 0.717) is 12.4 Å². The summed E-state index contributed by atoms with van der Waals surface area (Å²) in [5, 5.41) is 7.64. The third-order valence-corrected chi connectivity index (χ3v) is 5.11. The Balaban J connectivity index is 1.46. The van der Waals surface area contributed by atoms with Gasteiger partial charge in [0.05, 0.1) is 5.69 Å². The van der Waals surface area contributed by atoms with Gasteiger partial charge in [-0.05, 0) is 32.6 Å². The maximum Gasteiger partial charge on any atom is 0.250 e. The van der Waals surface area contributed by atoms with E-state index in [4.69, 9.17) is 0 Å². The SMILES string of the molecule is Cc1cc(N2CCC(Nc3cc(N4CCCCC4)ncn3)C2=O)n(C)n1. The van der Waals surface area contributed by atoms with Gasteiger partial charge in [0.1, 0.15) is 29.8 Å². The lowest BCUT2D eigenvalue weighted by Crippen LogP contribution is -2.35. The number of amides is 1. The van der Waals surface area contributed by atoms with Crippen molar-refractivity contribution < 1.29 is 4.79 Å². The smallest absolute Gasteiger partial charge is 0.250 e. The lowest BCUT2D eigenvalue weighted by atomic mass is 10.1. The maximum atomic E-state index is 12.8. The summed E-state index contributed by atoms with van der Waals surface area (Å²) in [6.07, 6.45) is 6.01. The minimum Gasteiger partial charge on any atom is -0.358 e. The fourth-order valence-corrected chi connectivity index (χ4v) is 3.79. The van der Waals surface area contributed by atoms with Crippen molar-refractivity contribution in [2.45, 2.75) is 38.6 Å². The van der Waals surface area contributed by atoms with E-state index < -0.39 is 0 Å². The van der Waals surface area contributed by atoms with Gasteiger partial charge < -0.3 is 10.2 Å². The van der Waals surface area contributed by atoms with E-state index in [1.807, 2.05) is 26.1 Å². The summed E-state index contributed by atoms with van der Waals surface area (Å²) in [7, 11) is 1.87. The van der Waals surface area contributed by atoms with Gasteiger partial charge in [0.25, 0.3) is 5.91 Å². The Morgan fingerprint density at radius 3 is 2.65 bits per heavy atom. The highest BCUT2D eigenvalue weighted by Gasteiger charge is 2.34. The molecule has 1 amide bonds. The number of carbonyl (C=O) groups excluding carboxylic acids is 1. The van der Waals surface area contributed by atoms with Gasteiger partial charge in [-0.3, -0.25) is 14.4 Å². The Morgan fingerprint density at radius 1 is 1.12 bits per heavy atom. The quantitative estimate of drug-likeness (QED) is 0.900. The molecule has 26 heavy (non-hydrogen) atoms. The van der Waals surface area contributed by atoms with Gasteiger partial charge in [0.15, 0.2) is 0 Å². The summed E-state index contributed by atoms with van der Waals surface area (Å²) in [5.41, 5.74) is 0.911. The maximum absolute atomic E-state index is 12.8. The van der Waals surface area contributed by atoms with Gasteiger partial charge >= 0.3 is 0 Å². The van der Waals surface area contributed by atoms with Crippen molar-refractivity contribution in [1.29, 1.82) is 0 Å².